The van der Waals surface area contributed by atoms with Crippen molar-refractivity contribution in [2.45, 2.75) is 23.6 Å². The molecular formula is C18H20N4O3S2. The lowest BCUT2D eigenvalue weighted by Gasteiger charge is -2.08. The molecule has 0 saturated heterocycles. The molecule has 7 nitrogen and oxygen atoms in total. The van der Waals surface area contributed by atoms with Gasteiger partial charge in [-0.25, -0.2) is 13.4 Å². The monoisotopic (exact) mass is 404 g/mol. The highest BCUT2D eigenvalue weighted by atomic mass is 32.2. The zero-order valence-electron chi connectivity index (χ0n) is 14.5. The molecule has 2 aromatic heterocycles. The van der Waals surface area contributed by atoms with Gasteiger partial charge in [-0.3, -0.25) is 9.52 Å². The molecule has 27 heavy (non-hydrogen) atoms. The van der Waals surface area contributed by atoms with E-state index in [0.717, 1.165) is 30.7 Å². The molecule has 0 spiro atoms. The molecule has 0 aliphatic heterocycles. The van der Waals surface area contributed by atoms with Crippen LogP contribution in [0, 0.1) is 0 Å². The fourth-order valence-electron chi connectivity index (χ4n) is 2.45. The second-order valence-corrected chi connectivity index (χ2v) is 8.74. The van der Waals surface area contributed by atoms with Crippen LogP contribution in [-0.2, 0) is 16.6 Å². The van der Waals surface area contributed by atoms with Crippen LogP contribution in [0.4, 0.5) is 5.69 Å². The summed E-state index contributed by atoms with van der Waals surface area (Å²) in [5.41, 5.74) is 0.906. The molecule has 0 radical (unpaired) electrons. The average molecular weight is 405 g/mol. The number of imidazole rings is 1. The van der Waals surface area contributed by atoms with Crippen molar-refractivity contribution in [3.05, 3.63) is 66.1 Å². The molecule has 9 heteroatoms. The molecule has 142 valence electrons. The van der Waals surface area contributed by atoms with Crippen LogP contribution in [0.25, 0.3) is 0 Å². The van der Waals surface area contributed by atoms with Gasteiger partial charge in [-0.1, -0.05) is 6.07 Å². The minimum Gasteiger partial charge on any atom is -0.352 e. The van der Waals surface area contributed by atoms with E-state index in [2.05, 4.69) is 15.0 Å². The van der Waals surface area contributed by atoms with E-state index in [0.29, 0.717) is 17.8 Å². The van der Waals surface area contributed by atoms with Crippen molar-refractivity contribution in [1.82, 2.24) is 14.9 Å². The van der Waals surface area contributed by atoms with Crippen LogP contribution in [0.2, 0.25) is 0 Å². The average Bonchev–Trinajstić information content (AvgIpc) is 3.36. The van der Waals surface area contributed by atoms with Gasteiger partial charge in [-0.15, -0.1) is 11.3 Å². The van der Waals surface area contributed by atoms with E-state index >= 15 is 0 Å². The normalized spacial score (nSPS) is 11.3. The molecule has 2 N–H and O–H groups in total. The minimum absolute atomic E-state index is 0.176. The van der Waals surface area contributed by atoms with Crippen molar-refractivity contribution in [3.63, 3.8) is 0 Å². The molecule has 0 bridgehead atoms. The quantitative estimate of drug-likeness (QED) is 0.536. The van der Waals surface area contributed by atoms with Crippen LogP contribution in [0.3, 0.4) is 0 Å². The molecule has 0 aliphatic rings. The summed E-state index contributed by atoms with van der Waals surface area (Å²) in [6.07, 6.45) is 7.23. The Morgan fingerprint density at radius 3 is 2.63 bits per heavy atom. The molecular weight excluding hydrogens is 384 g/mol. The van der Waals surface area contributed by atoms with Gasteiger partial charge in [0.1, 0.15) is 4.21 Å². The third-order valence-corrected chi connectivity index (χ3v) is 6.63. The first-order valence-electron chi connectivity index (χ1n) is 8.45. The topological polar surface area (TPSA) is 93.1 Å². The third-order valence-electron chi connectivity index (χ3n) is 3.85. The van der Waals surface area contributed by atoms with Crippen LogP contribution >= 0.6 is 11.3 Å². The van der Waals surface area contributed by atoms with Gasteiger partial charge in [0.15, 0.2) is 0 Å². The van der Waals surface area contributed by atoms with E-state index in [1.165, 1.54) is 0 Å². The van der Waals surface area contributed by atoms with Crippen LogP contribution < -0.4 is 10.0 Å². The van der Waals surface area contributed by atoms with Crippen LogP contribution in [0.1, 0.15) is 23.2 Å². The highest BCUT2D eigenvalue weighted by molar-refractivity contribution is 7.94. The zero-order chi connectivity index (χ0) is 19.1. The molecule has 1 aromatic carbocycles. The molecule has 0 saturated carbocycles. The summed E-state index contributed by atoms with van der Waals surface area (Å²) < 4.78 is 29.1. The maximum Gasteiger partial charge on any atom is 0.271 e. The highest BCUT2D eigenvalue weighted by Gasteiger charge is 2.15. The number of nitrogens with zero attached hydrogens (tertiary/aromatic N) is 2. The first-order valence-corrected chi connectivity index (χ1v) is 10.8. The summed E-state index contributed by atoms with van der Waals surface area (Å²) in [5, 5.41) is 4.57. The van der Waals surface area contributed by atoms with Gasteiger partial charge in [-0.2, -0.15) is 0 Å². The summed E-state index contributed by atoms with van der Waals surface area (Å²) in [6.45, 7) is 1.45. The second kappa shape index (κ2) is 8.83. The number of anilines is 1. The number of sulfonamides is 1. The summed E-state index contributed by atoms with van der Waals surface area (Å²) in [5.74, 6) is -0.176. The number of aromatic nitrogens is 2. The van der Waals surface area contributed by atoms with E-state index in [9.17, 15) is 13.2 Å². The highest BCUT2D eigenvalue weighted by Crippen LogP contribution is 2.20. The number of amides is 1. The van der Waals surface area contributed by atoms with Crippen molar-refractivity contribution in [2.24, 2.45) is 0 Å². The largest absolute Gasteiger partial charge is 0.352 e. The second-order valence-electron chi connectivity index (χ2n) is 5.88. The number of rotatable bonds is 9. The molecule has 3 aromatic rings. The van der Waals surface area contributed by atoms with Gasteiger partial charge in [0, 0.05) is 36.7 Å². The van der Waals surface area contributed by atoms with Gasteiger partial charge in [0.2, 0.25) is 0 Å². The van der Waals surface area contributed by atoms with Crippen molar-refractivity contribution in [2.75, 3.05) is 11.3 Å². The number of thiophene rings is 1. The molecule has 2 heterocycles. The van der Waals surface area contributed by atoms with Gasteiger partial charge < -0.3 is 9.88 Å². The number of nitrogens with one attached hydrogen (secondary N) is 2. The van der Waals surface area contributed by atoms with Crippen LogP contribution in [-0.4, -0.2) is 30.4 Å². The third kappa shape index (κ3) is 5.41. The first kappa shape index (κ1) is 19.1. The number of hydrogen-bond acceptors (Lipinski definition) is 5. The Kier molecular flexibility index (Phi) is 6.25. The summed E-state index contributed by atoms with van der Waals surface area (Å²) in [6, 6.07) is 9.60. The smallest absolute Gasteiger partial charge is 0.271 e. The predicted octanol–water partition coefficient (Wildman–Crippen LogP) is 2.96. The van der Waals surface area contributed by atoms with Gasteiger partial charge in [-0.05, 0) is 48.6 Å². The summed E-state index contributed by atoms with van der Waals surface area (Å²) >= 11 is 1.15. The molecule has 0 unspecified atom stereocenters. The van der Waals surface area contributed by atoms with E-state index in [4.69, 9.17) is 0 Å². The molecule has 0 fully saturated rings. The van der Waals surface area contributed by atoms with Gasteiger partial charge in [0.25, 0.3) is 15.9 Å². The Labute approximate surface area is 162 Å². The summed E-state index contributed by atoms with van der Waals surface area (Å²) in [4.78, 5) is 16.1. The van der Waals surface area contributed by atoms with Crippen molar-refractivity contribution < 1.29 is 13.2 Å². The Bertz CT molecular complexity index is 951. The van der Waals surface area contributed by atoms with Crippen molar-refractivity contribution in [3.8, 4) is 0 Å². The maximum atomic E-state index is 12.2. The number of unbranched alkanes of at least 4 members (excludes halogenated alkanes) is 1. The van der Waals surface area contributed by atoms with Crippen LogP contribution in [0.15, 0.2) is 64.7 Å². The van der Waals surface area contributed by atoms with Crippen LogP contribution in [0.5, 0.6) is 0 Å². The number of hydrogen-bond donors (Lipinski definition) is 2. The van der Waals surface area contributed by atoms with Crippen molar-refractivity contribution in [1.29, 1.82) is 0 Å². The Hall–Kier alpha value is -2.65. The van der Waals surface area contributed by atoms with E-state index in [1.807, 2.05) is 10.8 Å². The standard InChI is InChI=1S/C18H20N4O3S2/c23-18(20-9-1-2-11-22-12-10-19-14-22)15-5-7-16(8-6-15)21-27(24,25)17-4-3-13-26-17/h3-8,10,12-14,21H,1-2,9,11H2,(H,20,23). The van der Waals surface area contributed by atoms with Crippen molar-refractivity contribution >= 4 is 33.0 Å². The fraction of sp³-hybridized carbons (Fsp3) is 0.222. The zero-order valence-corrected chi connectivity index (χ0v) is 16.2. The lowest BCUT2D eigenvalue weighted by molar-refractivity contribution is 0.0953. The number of carbonyl (C=O) groups excluding carboxylic acids is 1. The number of benzene rings is 1. The Morgan fingerprint density at radius 2 is 1.96 bits per heavy atom. The SMILES string of the molecule is O=C(NCCCCn1ccnc1)c1ccc(NS(=O)(=O)c2cccs2)cc1. The predicted molar refractivity (Wildman–Crippen MR) is 105 cm³/mol. The van der Waals surface area contributed by atoms with E-state index < -0.39 is 10.0 Å². The molecule has 0 atom stereocenters. The Balaban J connectivity index is 1.46. The maximum absolute atomic E-state index is 12.2. The molecule has 1 amide bonds. The number of aryl methyl sites for hydroxylation is 1. The summed E-state index contributed by atoms with van der Waals surface area (Å²) in [7, 11) is -3.58. The molecule has 3 rings (SSSR count). The van der Waals surface area contributed by atoms with E-state index in [1.54, 1.807) is 54.3 Å². The van der Waals surface area contributed by atoms with E-state index in [-0.39, 0.29) is 10.1 Å². The number of carbonyl (C=O) groups is 1. The first-order chi connectivity index (χ1) is 13.0. The molecule has 0 aliphatic carbocycles. The lowest BCUT2D eigenvalue weighted by atomic mass is 10.2. The fourth-order valence-corrected chi connectivity index (χ4v) is 4.51. The minimum atomic E-state index is -3.58. The lowest BCUT2D eigenvalue weighted by Crippen LogP contribution is -2.24. The van der Waals surface area contributed by atoms with Gasteiger partial charge in [0.05, 0.1) is 6.33 Å². The van der Waals surface area contributed by atoms with Gasteiger partial charge >= 0.3 is 0 Å². The Morgan fingerprint density at radius 1 is 1.15 bits per heavy atom.